The molecule has 1 atom stereocenters. The molecule has 0 N–H and O–H groups in total. The van der Waals surface area contributed by atoms with Crippen molar-refractivity contribution in [3.05, 3.63) is 91.0 Å². The van der Waals surface area contributed by atoms with Crippen molar-refractivity contribution in [2.75, 3.05) is 6.16 Å². The first kappa shape index (κ1) is 22.3. The van der Waals surface area contributed by atoms with E-state index < -0.39 is 7.26 Å². The molecule has 3 rings (SSSR count). The van der Waals surface area contributed by atoms with Crippen LogP contribution in [0.2, 0.25) is 0 Å². The summed E-state index contributed by atoms with van der Waals surface area (Å²) < 4.78 is 0. The second kappa shape index (κ2) is 10.4. The summed E-state index contributed by atoms with van der Waals surface area (Å²) in [5.74, 6) is 0.643. The monoisotopic (exact) mass is 480 g/mol. The fraction of sp³-hybridized carbons (Fsp3) is 0.182. The molecule has 0 heterocycles. The van der Waals surface area contributed by atoms with Gasteiger partial charge >= 0.3 is 0 Å². The normalized spacial score (nSPS) is 10.7. The molecule has 25 heavy (non-hydrogen) atoms. The molecule has 0 aromatic heterocycles. The van der Waals surface area contributed by atoms with Crippen molar-refractivity contribution >= 4 is 33.1 Å². The van der Waals surface area contributed by atoms with Crippen LogP contribution in [0.1, 0.15) is 13.8 Å². The molecule has 1 unspecified atom stereocenters. The molecule has 0 aliphatic rings. The first-order chi connectivity index (χ1) is 11.2. The number of rotatable bonds is 5. The smallest absolute Gasteiger partial charge is 0.112 e. The third kappa shape index (κ3) is 4.91. The predicted molar refractivity (Wildman–Crippen MR) is 116 cm³/mol. The molecule has 0 radical (unpaired) electrons. The Morgan fingerprint density at radius 3 is 1.12 bits per heavy atom. The molecule has 0 fully saturated rings. The van der Waals surface area contributed by atoms with Crippen molar-refractivity contribution in [1.29, 1.82) is 0 Å². The van der Waals surface area contributed by atoms with Gasteiger partial charge in [-0.15, -0.1) is 0 Å². The van der Waals surface area contributed by atoms with Crippen molar-refractivity contribution in [3.63, 3.8) is 0 Å². The van der Waals surface area contributed by atoms with Gasteiger partial charge in [0.2, 0.25) is 0 Å². The summed E-state index contributed by atoms with van der Waals surface area (Å²) in [5.41, 5.74) is 0. The van der Waals surface area contributed by atoms with Crippen LogP contribution in [0.5, 0.6) is 0 Å². The first-order valence-corrected chi connectivity index (χ1v) is 10.3. The van der Waals surface area contributed by atoms with Crippen molar-refractivity contribution in [3.8, 4) is 0 Å². The maximum atomic E-state index is 2.34. The molecule has 0 saturated carbocycles. The van der Waals surface area contributed by atoms with Gasteiger partial charge in [-0.1, -0.05) is 68.4 Å². The Kier molecular flexibility index (Phi) is 9.28. The Bertz CT molecular complexity index is 631. The topological polar surface area (TPSA) is 0 Å². The minimum absolute atomic E-state index is 0. The molecule has 132 valence electrons. The van der Waals surface area contributed by atoms with Gasteiger partial charge in [0.15, 0.2) is 0 Å². The summed E-state index contributed by atoms with van der Waals surface area (Å²) in [5, 5.41) is 4.43. The lowest BCUT2D eigenvalue weighted by atomic mass is 10.3. The molecule has 0 bridgehead atoms. The van der Waals surface area contributed by atoms with Gasteiger partial charge in [0.05, 0.1) is 6.16 Å². The van der Waals surface area contributed by atoms with E-state index in [-0.39, 0.29) is 33.9 Å². The summed E-state index contributed by atoms with van der Waals surface area (Å²) in [6.45, 7) is 4.67. The van der Waals surface area contributed by atoms with Gasteiger partial charge in [0.25, 0.3) is 0 Å². The highest BCUT2D eigenvalue weighted by Gasteiger charge is 2.45. The van der Waals surface area contributed by atoms with Crippen LogP contribution in [0.3, 0.4) is 0 Å². The number of halogens is 1. The Hall–Kier alpha value is -0.750. The van der Waals surface area contributed by atoms with E-state index in [4.69, 9.17) is 0 Å². The van der Waals surface area contributed by atoms with Crippen molar-refractivity contribution in [2.24, 2.45) is 5.92 Å². The van der Waals surface area contributed by atoms with Gasteiger partial charge in [-0.05, 0) is 42.3 Å². The van der Waals surface area contributed by atoms with E-state index in [9.17, 15) is 0 Å². The molecule has 3 aromatic carbocycles. The highest BCUT2D eigenvalue weighted by Crippen LogP contribution is 2.56. The van der Waals surface area contributed by atoms with Gasteiger partial charge in [-0.2, -0.15) is 9.90 Å². The quantitative estimate of drug-likeness (QED) is 0.386. The van der Waals surface area contributed by atoms with Gasteiger partial charge in [0, 0.05) is 0 Å². The second-order valence-electron chi connectivity index (χ2n) is 6.39. The first-order valence-electron chi connectivity index (χ1n) is 8.28. The lowest BCUT2D eigenvalue weighted by molar-refractivity contribution is -0.00000485. The Morgan fingerprint density at radius 1 is 0.600 bits per heavy atom. The third-order valence-electron chi connectivity index (χ3n) is 4.23. The lowest BCUT2D eigenvalue weighted by Crippen LogP contribution is -3.00. The van der Waals surface area contributed by atoms with E-state index >= 15 is 0 Å². The average molecular weight is 480 g/mol. The number of hydrogen-bond donors (Lipinski definition) is 0. The van der Waals surface area contributed by atoms with Gasteiger partial charge in [-0.3, -0.25) is 0 Å². The van der Waals surface area contributed by atoms with Crippen LogP contribution in [0.15, 0.2) is 91.0 Å². The van der Waals surface area contributed by atoms with Crippen LogP contribution in [0, 0.1) is 5.92 Å². The van der Waals surface area contributed by atoms with Gasteiger partial charge in [-0.25, -0.2) is 0 Å². The fourth-order valence-corrected chi connectivity index (χ4v) is 8.02. The molecule has 3 aromatic rings. The van der Waals surface area contributed by atoms with Crippen molar-refractivity contribution < 1.29 is 24.0 Å². The molecule has 0 saturated heterocycles. The Morgan fingerprint density at radius 2 is 0.880 bits per heavy atom. The maximum Gasteiger partial charge on any atom is 0.112 e. The number of benzene rings is 3. The Balaban J connectivity index is 0.00000156. The van der Waals surface area contributed by atoms with Crippen LogP contribution in [-0.2, 0) is 0 Å². The molecular weight excluding hydrogens is 453 g/mol. The van der Waals surface area contributed by atoms with E-state index in [0.717, 1.165) is 0 Å². The molecular formula is C22H27IP2. The van der Waals surface area contributed by atoms with Crippen LogP contribution >= 0.6 is 17.2 Å². The predicted octanol–water partition coefficient (Wildman–Crippen LogP) is 1.70. The van der Waals surface area contributed by atoms with E-state index in [0.29, 0.717) is 5.92 Å². The van der Waals surface area contributed by atoms with E-state index in [1.54, 1.807) is 0 Å². The highest BCUT2D eigenvalue weighted by atomic mass is 127. The Labute approximate surface area is 173 Å². The summed E-state index contributed by atoms with van der Waals surface area (Å²) in [4.78, 5) is 0. The van der Waals surface area contributed by atoms with Crippen molar-refractivity contribution in [2.45, 2.75) is 13.8 Å². The second-order valence-corrected chi connectivity index (χ2v) is 9.93. The standard InChI is InChI=1S/C22H24P.HI.H3P/c1-19(2)18-23(20-12-6-3-7-13-20,21-14-8-4-9-15-21)22-16-10-5-11-17-22;;/h3-17,19H,18H2,1-2H3;1H;1H3/q+1;;/p-1. The molecule has 3 heteroatoms. The zero-order valence-electron chi connectivity index (χ0n) is 15.0. The summed E-state index contributed by atoms with van der Waals surface area (Å²) in [6, 6.07) is 33.3. The third-order valence-corrected chi connectivity index (χ3v) is 9.05. The maximum absolute atomic E-state index is 2.34. The highest BCUT2D eigenvalue weighted by molar-refractivity contribution is 7.95. The minimum Gasteiger partial charge on any atom is -1.00 e. The SMILES string of the molecule is CC(C)C[P+](c1ccccc1)(c1ccccc1)c1ccccc1.P.[I-]. The van der Waals surface area contributed by atoms with Crippen LogP contribution in [-0.4, -0.2) is 6.16 Å². The average Bonchev–Trinajstić information content (AvgIpc) is 2.62. The summed E-state index contributed by atoms with van der Waals surface area (Å²) in [7, 11) is -1.61. The van der Waals surface area contributed by atoms with Crippen molar-refractivity contribution in [1.82, 2.24) is 0 Å². The zero-order valence-corrected chi connectivity index (χ0v) is 19.4. The van der Waals surface area contributed by atoms with Gasteiger partial charge < -0.3 is 24.0 Å². The number of hydrogen-bond acceptors (Lipinski definition) is 0. The molecule has 0 spiro atoms. The van der Waals surface area contributed by atoms with Crippen LogP contribution in [0.4, 0.5) is 0 Å². The minimum atomic E-state index is -1.61. The van der Waals surface area contributed by atoms with Crippen LogP contribution in [0.25, 0.3) is 0 Å². The molecule has 0 amide bonds. The largest absolute Gasteiger partial charge is 1.00 e. The summed E-state index contributed by atoms with van der Waals surface area (Å²) >= 11 is 0. The summed E-state index contributed by atoms with van der Waals surface area (Å²) in [6.07, 6.45) is 1.20. The van der Waals surface area contributed by atoms with Crippen LogP contribution < -0.4 is 39.9 Å². The molecule has 0 aliphatic carbocycles. The fourth-order valence-electron chi connectivity index (χ4n) is 3.36. The zero-order chi connectivity index (χ0) is 16.1. The van der Waals surface area contributed by atoms with E-state index in [2.05, 4.69) is 105 Å². The van der Waals surface area contributed by atoms with Gasteiger partial charge in [0.1, 0.15) is 23.2 Å². The molecule has 0 nitrogen and oxygen atoms in total. The molecule has 0 aliphatic heterocycles. The van der Waals surface area contributed by atoms with E-state index in [1.807, 2.05) is 0 Å². The lowest BCUT2D eigenvalue weighted by Gasteiger charge is -2.29. The van der Waals surface area contributed by atoms with E-state index in [1.165, 1.54) is 22.1 Å².